The summed E-state index contributed by atoms with van der Waals surface area (Å²) in [5, 5.41) is 23.9. The second-order valence-electron chi connectivity index (χ2n) is 4.89. The van der Waals surface area contributed by atoms with Crippen LogP contribution in [0, 0.1) is 5.92 Å². The van der Waals surface area contributed by atoms with Gasteiger partial charge in [0, 0.05) is 11.5 Å². The van der Waals surface area contributed by atoms with E-state index in [0.717, 1.165) is 12.8 Å². The van der Waals surface area contributed by atoms with Crippen molar-refractivity contribution in [1.82, 2.24) is 0 Å². The fourth-order valence-corrected chi connectivity index (χ4v) is 1.80. The molecular weight excluding hydrogens is 280 g/mol. The highest BCUT2D eigenvalue weighted by atomic mass is 17.5. The van der Waals surface area contributed by atoms with Crippen molar-refractivity contribution in [3.8, 4) is 0 Å². The van der Waals surface area contributed by atoms with Crippen LogP contribution in [0.15, 0.2) is 0 Å². The van der Waals surface area contributed by atoms with Crippen molar-refractivity contribution >= 4 is 11.9 Å². The molecule has 0 fully saturated rings. The predicted molar refractivity (Wildman–Crippen MR) is 73.5 cm³/mol. The van der Waals surface area contributed by atoms with Crippen molar-refractivity contribution in [2.24, 2.45) is 5.92 Å². The van der Waals surface area contributed by atoms with Gasteiger partial charge in [0.25, 0.3) is 0 Å². The maximum Gasteiger partial charge on any atom is 0.352 e. The summed E-state index contributed by atoms with van der Waals surface area (Å²) in [6, 6.07) is 0. The highest BCUT2D eigenvalue weighted by Crippen LogP contribution is 2.18. The van der Waals surface area contributed by atoms with Crippen molar-refractivity contribution in [2.45, 2.75) is 71.5 Å². The molecule has 0 saturated heterocycles. The standard InChI is InChI=1S/C14H26O7/c1-4-7-9-11(15)13(17)10(6-3)14(18)20-21-19-12(16)8-5-2/h10-11,13,15,17H,4-9H2,1-3H3. The molecule has 0 aromatic heterocycles. The van der Waals surface area contributed by atoms with E-state index < -0.39 is 30.1 Å². The molecule has 0 aromatic rings. The lowest BCUT2D eigenvalue weighted by Crippen LogP contribution is -2.38. The van der Waals surface area contributed by atoms with Crippen molar-refractivity contribution in [1.29, 1.82) is 0 Å². The van der Waals surface area contributed by atoms with Crippen LogP contribution in [0.4, 0.5) is 0 Å². The summed E-state index contributed by atoms with van der Waals surface area (Å²) < 4.78 is 0. The van der Waals surface area contributed by atoms with Crippen molar-refractivity contribution in [2.75, 3.05) is 0 Å². The molecule has 0 spiro atoms. The number of rotatable bonds is 11. The van der Waals surface area contributed by atoms with Gasteiger partial charge in [0.05, 0.1) is 18.1 Å². The normalized spacial score (nSPS) is 15.1. The molecule has 0 amide bonds. The van der Waals surface area contributed by atoms with Gasteiger partial charge in [-0.25, -0.2) is 9.59 Å². The van der Waals surface area contributed by atoms with Crippen LogP contribution < -0.4 is 0 Å². The van der Waals surface area contributed by atoms with Crippen molar-refractivity contribution < 1.29 is 34.6 Å². The van der Waals surface area contributed by atoms with Gasteiger partial charge in [0.15, 0.2) is 0 Å². The van der Waals surface area contributed by atoms with Crippen LogP contribution in [-0.4, -0.2) is 34.4 Å². The van der Waals surface area contributed by atoms with E-state index in [1.165, 1.54) is 0 Å². The number of aliphatic hydroxyl groups excluding tert-OH is 2. The fraction of sp³-hybridized carbons (Fsp3) is 0.857. The third kappa shape index (κ3) is 7.99. The van der Waals surface area contributed by atoms with Gasteiger partial charge in [-0.05, 0) is 19.3 Å². The summed E-state index contributed by atoms with van der Waals surface area (Å²) in [6.07, 6.45) is 0.747. The quantitative estimate of drug-likeness (QED) is 0.442. The topological polar surface area (TPSA) is 102 Å². The first-order valence-corrected chi connectivity index (χ1v) is 7.41. The minimum atomic E-state index is -1.25. The minimum Gasteiger partial charge on any atom is -0.390 e. The summed E-state index contributed by atoms with van der Waals surface area (Å²) in [5.41, 5.74) is 0. The molecule has 21 heavy (non-hydrogen) atoms. The van der Waals surface area contributed by atoms with E-state index >= 15 is 0 Å². The van der Waals surface area contributed by atoms with Gasteiger partial charge < -0.3 is 10.2 Å². The summed E-state index contributed by atoms with van der Waals surface area (Å²) >= 11 is 0. The summed E-state index contributed by atoms with van der Waals surface area (Å²) in [6.45, 7) is 5.42. The zero-order valence-electron chi connectivity index (χ0n) is 12.9. The molecule has 0 aliphatic carbocycles. The Morgan fingerprint density at radius 2 is 1.71 bits per heavy atom. The van der Waals surface area contributed by atoms with E-state index in [9.17, 15) is 19.8 Å². The molecule has 0 aliphatic heterocycles. The van der Waals surface area contributed by atoms with Crippen molar-refractivity contribution in [3.05, 3.63) is 0 Å². The highest BCUT2D eigenvalue weighted by molar-refractivity contribution is 5.72. The molecule has 0 aliphatic rings. The molecule has 0 saturated carbocycles. The van der Waals surface area contributed by atoms with Gasteiger partial charge in [0.2, 0.25) is 0 Å². The van der Waals surface area contributed by atoms with Crippen LogP contribution in [0.25, 0.3) is 0 Å². The maximum absolute atomic E-state index is 11.7. The van der Waals surface area contributed by atoms with Crippen LogP contribution >= 0.6 is 0 Å². The zero-order valence-corrected chi connectivity index (χ0v) is 12.9. The van der Waals surface area contributed by atoms with E-state index in [4.69, 9.17) is 0 Å². The maximum atomic E-state index is 11.7. The van der Waals surface area contributed by atoms with Gasteiger partial charge in [-0.3, -0.25) is 9.78 Å². The van der Waals surface area contributed by atoms with Crippen molar-refractivity contribution in [3.63, 3.8) is 0 Å². The van der Waals surface area contributed by atoms with E-state index in [1.807, 2.05) is 6.92 Å². The van der Waals surface area contributed by atoms with Gasteiger partial charge in [0.1, 0.15) is 0 Å². The first-order chi connectivity index (χ1) is 9.97. The van der Waals surface area contributed by atoms with E-state index in [2.05, 4.69) is 14.8 Å². The van der Waals surface area contributed by atoms with Crippen LogP contribution in [-0.2, 0) is 24.4 Å². The summed E-state index contributed by atoms with van der Waals surface area (Å²) in [7, 11) is 0. The Morgan fingerprint density at radius 1 is 1.05 bits per heavy atom. The zero-order chi connectivity index (χ0) is 16.3. The number of hydrogen-bond acceptors (Lipinski definition) is 7. The lowest BCUT2D eigenvalue weighted by atomic mass is 9.93. The minimum absolute atomic E-state index is 0.146. The van der Waals surface area contributed by atoms with Gasteiger partial charge in [-0.2, -0.15) is 0 Å². The summed E-state index contributed by atoms with van der Waals surface area (Å²) in [5.74, 6) is -2.48. The average molecular weight is 306 g/mol. The first kappa shape index (κ1) is 19.8. The van der Waals surface area contributed by atoms with E-state index in [-0.39, 0.29) is 12.8 Å². The Balaban J connectivity index is 4.25. The predicted octanol–water partition coefficient (Wildman–Crippen LogP) is 1.66. The lowest BCUT2D eigenvalue weighted by Gasteiger charge is -2.23. The molecule has 0 radical (unpaired) electrons. The Bertz CT molecular complexity index is 306. The van der Waals surface area contributed by atoms with Crippen LogP contribution in [0.3, 0.4) is 0 Å². The van der Waals surface area contributed by atoms with E-state index in [0.29, 0.717) is 12.8 Å². The summed E-state index contributed by atoms with van der Waals surface area (Å²) in [4.78, 5) is 31.3. The smallest absolute Gasteiger partial charge is 0.352 e. The fourth-order valence-electron chi connectivity index (χ4n) is 1.80. The van der Waals surface area contributed by atoms with Gasteiger partial charge >= 0.3 is 11.9 Å². The molecule has 2 N–H and O–H groups in total. The SMILES string of the molecule is CCCCC(O)C(O)C(CC)C(=O)OOOC(=O)CCC. The molecule has 0 aromatic carbocycles. The first-order valence-electron chi connectivity index (χ1n) is 7.41. The molecule has 3 atom stereocenters. The largest absolute Gasteiger partial charge is 0.390 e. The lowest BCUT2D eigenvalue weighted by molar-refractivity contribution is -0.461. The average Bonchev–Trinajstić information content (AvgIpc) is 2.45. The molecule has 0 heterocycles. The Hall–Kier alpha value is -1.18. The Labute approximate surface area is 125 Å². The van der Waals surface area contributed by atoms with Gasteiger partial charge in [-0.15, -0.1) is 0 Å². The molecule has 124 valence electrons. The van der Waals surface area contributed by atoms with Gasteiger partial charge in [-0.1, -0.05) is 33.6 Å². The number of carbonyl (C=O) groups is 2. The third-order valence-corrected chi connectivity index (χ3v) is 3.10. The number of unbranched alkanes of at least 4 members (excludes halogenated alkanes) is 1. The monoisotopic (exact) mass is 306 g/mol. The molecule has 0 rings (SSSR count). The number of aliphatic hydroxyl groups is 2. The Morgan fingerprint density at radius 3 is 2.24 bits per heavy atom. The molecule has 7 nitrogen and oxygen atoms in total. The van der Waals surface area contributed by atoms with Crippen LogP contribution in [0.5, 0.6) is 0 Å². The molecule has 3 unspecified atom stereocenters. The molecule has 7 heteroatoms. The Kier molecular flexibility index (Phi) is 10.8. The second-order valence-corrected chi connectivity index (χ2v) is 4.89. The van der Waals surface area contributed by atoms with Crippen LogP contribution in [0.1, 0.15) is 59.3 Å². The molecule has 0 bridgehead atoms. The highest BCUT2D eigenvalue weighted by Gasteiger charge is 2.32. The third-order valence-electron chi connectivity index (χ3n) is 3.10. The number of hydrogen-bond donors (Lipinski definition) is 2. The molecular formula is C14H26O7. The number of carbonyl (C=O) groups excluding carboxylic acids is 2. The van der Waals surface area contributed by atoms with E-state index in [1.54, 1.807) is 13.8 Å². The second kappa shape index (κ2) is 11.5. The van der Waals surface area contributed by atoms with Crippen LogP contribution in [0.2, 0.25) is 0 Å².